The van der Waals surface area contributed by atoms with Crippen molar-refractivity contribution in [3.63, 3.8) is 0 Å². The average Bonchev–Trinajstić information content (AvgIpc) is 3.16. The number of carbonyl (C=O) groups excluding carboxylic acids is 1. The van der Waals surface area contributed by atoms with Gasteiger partial charge in [-0.05, 0) is 51.4 Å². The van der Waals surface area contributed by atoms with E-state index < -0.39 is 70.4 Å². The molecule has 22 heteroatoms. The van der Waals surface area contributed by atoms with E-state index in [0.29, 0.717) is 51.4 Å². The third-order valence-corrected chi connectivity index (χ3v) is 53.4. The lowest BCUT2D eigenvalue weighted by Gasteiger charge is -2.66. The normalized spacial score (nSPS) is 43.0. The van der Waals surface area contributed by atoms with Crippen LogP contribution in [-0.2, 0) is 58.9 Å². The zero-order valence-corrected chi connectivity index (χ0v) is 45.9. The fourth-order valence-corrected chi connectivity index (χ4v) is 62.0. The van der Waals surface area contributed by atoms with Crippen molar-refractivity contribution >= 4 is 76.4 Å². The number of rotatable bonds is 19. The van der Waals surface area contributed by atoms with Gasteiger partial charge in [0.15, 0.2) is 0 Å². The first-order valence-corrected chi connectivity index (χ1v) is 36.8. The molecule has 6 saturated heterocycles. The Hall–Kier alpha value is 0.725. The smallest absolute Gasteiger partial charge is 0.465 e. The molecule has 6 fully saturated rings. The Morgan fingerprint density at radius 1 is 0.368 bits per heavy atom. The van der Waals surface area contributed by atoms with Crippen LogP contribution in [0.2, 0.25) is 44.8 Å². The molecule has 6 heterocycles. The zero-order chi connectivity index (χ0) is 42.5. The topological polar surface area (TPSA) is 137 Å². The maximum atomic E-state index is 13.2. The van der Waals surface area contributed by atoms with Crippen molar-refractivity contribution in [3.8, 4) is 0 Å². The zero-order valence-electron chi connectivity index (χ0n) is 37.9. The first-order chi connectivity index (χ1) is 26.7. The monoisotopic (exact) mass is 944 g/mol. The predicted molar refractivity (Wildman–Crippen MR) is 232 cm³/mol. The van der Waals surface area contributed by atoms with Crippen LogP contribution >= 0.6 is 0 Å². The first-order valence-electron chi connectivity index (χ1n) is 22.3. The summed E-state index contributed by atoms with van der Waals surface area (Å²) in [6.45, 7) is 33.5. The Labute approximate surface area is 353 Å². The highest BCUT2D eigenvalue weighted by atomic mass is 28.6. The molecule has 0 aliphatic carbocycles. The van der Waals surface area contributed by atoms with Crippen molar-refractivity contribution in [1.82, 2.24) is 0 Å². The molecule has 0 spiro atoms. The van der Waals surface area contributed by atoms with Crippen LogP contribution in [0.3, 0.4) is 0 Å². The molecule has 57 heavy (non-hydrogen) atoms. The molecule has 6 aliphatic heterocycles. The molecule has 14 nitrogen and oxygen atoms in total. The quantitative estimate of drug-likeness (QED) is 0.0897. The second-order valence-corrected chi connectivity index (χ2v) is 44.5. The van der Waals surface area contributed by atoms with E-state index in [1.54, 1.807) is 0 Å². The van der Waals surface area contributed by atoms with Crippen LogP contribution in [0.15, 0.2) is 0 Å². The molecule has 0 saturated carbocycles. The van der Waals surface area contributed by atoms with Gasteiger partial charge < -0.3 is 54.1 Å². The van der Waals surface area contributed by atoms with Gasteiger partial charge in [0.05, 0.1) is 18.6 Å². The Kier molecular flexibility index (Phi) is 15.5. The van der Waals surface area contributed by atoms with Gasteiger partial charge in [-0.15, -0.1) is 0 Å². The lowest BCUT2D eigenvalue weighted by molar-refractivity contribution is -0.147. The number of esters is 1. The van der Waals surface area contributed by atoms with Gasteiger partial charge in [0.1, 0.15) is 0 Å². The van der Waals surface area contributed by atoms with Gasteiger partial charge in [0.2, 0.25) is 0 Å². The molecule has 0 N–H and O–H groups in total. The van der Waals surface area contributed by atoms with Gasteiger partial charge in [-0.25, -0.2) is 0 Å². The molecule has 8 bridgehead atoms. The van der Waals surface area contributed by atoms with Gasteiger partial charge in [0, 0.05) is 38.8 Å². The van der Waals surface area contributed by atoms with Crippen LogP contribution in [0, 0.1) is 5.92 Å². The second-order valence-electron chi connectivity index (χ2n) is 17.5. The van der Waals surface area contributed by atoms with E-state index >= 15 is 0 Å². The summed E-state index contributed by atoms with van der Waals surface area (Å²) < 4.78 is 100. The summed E-state index contributed by atoms with van der Waals surface area (Å²) in [7, 11) is -32.8. The van der Waals surface area contributed by atoms with E-state index in [0.717, 1.165) is 0 Å². The van der Waals surface area contributed by atoms with E-state index in [-0.39, 0.29) is 63.3 Å². The Balaban J connectivity index is 1.99. The summed E-state index contributed by atoms with van der Waals surface area (Å²) in [5.74, 6) is -0.565. The first kappa shape index (κ1) is 48.8. The van der Waals surface area contributed by atoms with Crippen LogP contribution in [0.1, 0.15) is 162 Å². The largest absolute Gasteiger partial charge is 0.482 e. The van der Waals surface area contributed by atoms with E-state index in [1.165, 1.54) is 0 Å². The number of hydrogen-bond acceptors (Lipinski definition) is 14. The maximum Gasteiger partial charge on any atom is 0.482 e. The van der Waals surface area contributed by atoms with Crippen molar-refractivity contribution in [2.24, 2.45) is 5.92 Å². The van der Waals surface area contributed by atoms with Crippen LogP contribution < -0.4 is 0 Å². The molecule has 0 radical (unpaired) electrons. The lowest BCUT2D eigenvalue weighted by atomic mass is 10.1. The summed E-state index contributed by atoms with van der Waals surface area (Å²) in [6.07, 6.45) is 5.33. The molecule has 0 aromatic carbocycles. The van der Waals surface area contributed by atoms with Crippen LogP contribution in [-0.4, -0.2) is 83.0 Å². The summed E-state index contributed by atoms with van der Waals surface area (Å²) in [5.41, 5.74) is -1.77. The minimum atomic E-state index is -4.23. The molecule has 6 rings (SSSR count). The number of hydrogen-bond donors (Lipinski definition) is 0. The molecule has 8 atom stereocenters. The molecule has 6 aliphatic rings. The summed E-state index contributed by atoms with van der Waals surface area (Å²) in [4.78, 5) is 13.2. The van der Waals surface area contributed by atoms with Crippen molar-refractivity contribution in [2.45, 2.75) is 207 Å². The van der Waals surface area contributed by atoms with Crippen molar-refractivity contribution in [3.05, 3.63) is 0 Å². The van der Waals surface area contributed by atoms with Gasteiger partial charge in [-0.1, -0.05) is 111 Å². The fourth-order valence-electron chi connectivity index (χ4n) is 7.54. The SMILES string of the molecule is CCC(C)C(=O)OCC[Si]12O[Si]3(C(C)CC)O[Si]4(C(C)CC)O[Si](C(C)CC)(O1)O[Si]1(C(C)CC)O[Si](C(C)CC)(O2)O[Si](C(C)CC)(O3)O[Si](C(C)CC)(O4)O1. The van der Waals surface area contributed by atoms with Crippen LogP contribution in [0.5, 0.6) is 0 Å². The number of carbonyl (C=O) groups is 1. The Morgan fingerprint density at radius 3 is 0.772 bits per heavy atom. The second kappa shape index (κ2) is 18.1. The highest BCUT2D eigenvalue weighted by molar-refractivity contribution is 7.04. The average molecular weight is 946 g/mol. The van der Waals surface area contributed by atoms with Crippen LogP contribution in [0.25, 0.3) is 0 Å². The third-order valence-electron chi connectivity index (χ3n) is 13.6. The Bertz CT molecular complexity index is 1250. The van der Waals surface area contributed by atoms with E-state index in [9.17, 15) is 4.79 Å². The van der Waals surface area contributed by atoms with Crippen molar-refractivity contribution in [2.75, 3.05) is 6.61 Å². The van der Waals surface area contributed by atoms with E-state index in [1.807, 2.05) is 13.8 Å². The highest BCUT2D eigenvalue weighted by Gasteiger charge is 2.86. The maximum absolute atomic E-state index is 13.2. The summed E-state index contributed by atoms with van der Waals surface area (Å²) >= 11 is 0. The Morgan fingerprint density at radius 2 is 0.579 bits per heavy atom. The molecule has 0 aromatic rings. The van der Waals surface area contributed by atoms with Crippen LogP contribution in [0.4, 0.5) is 0 Å². The fraction of sp³-hybridized carbons (Fsp3) is 0.971. The summed E-state index contributed by atoms with van der Waals surface area (Å²) in [6, 6.07) is 0.102. The van der Waals surface area contributed by atoms with E-state index in [4.69, 9.17) is 54.1 Å². The number of ether oxygens (including phenoxy) is 1. The minimum absolute atomic E-state index is 0.0142. The van der Waals surface area contributed by atoms with E-state index in [2.05, 4.69) is 96.9 Å². The van der Waals surface area contributed by atoms with Gasteiger partial charge in [0.25, 0.3) is 0 Å². The van der Waals surface area contributed by atoms with Gasteiger partial charge >= 0.3 is 76.4 Å². The third kappa shape index (κ3) is 8.46. The van der Waals surface area contributed by atoms with Crippen molar-refractivity contribution in [1.29, 1.82) is 0 Å². The van der Waals surface area contributed by atoms with Gasteiger partial charge in [-0.2, -0.15) is 0 Å². The van der Waals surface area contributed by atoms with Gasteiger partial charge in [-0.3, -0.25) is 4.79 Å². The molecule has 332 valence electrons. The molecule has 0 amide bonds. The summed E-state index contributed by atoms with van der Waals surface area (Å²) in [5, 5.41) is 0. The lowest BCUT2D eigenvalue weighted by Crippen LogP contribution is -2.90. The molecular weight excluding hydrogens is 869 g/mol. The molecule has 0 aromatic heterocycles. The standard InChI is InChI=1S/C35H76O14Si8/c1-17-27(9)35(36)37-25-26-50-38-51(28(10)18-2)41-54(31(13)21-5)43-52(39-50,29(11)19-3)45-56(33(15)23-7)46-53(40-50,30(12)20-4)44-55(42-51,32(14)22-6)48-57(47-54,49-56)34(16)24-8/h27-34H,17-26H2,1-16H3. The minimum Gasteiger partial charge on any atom is -0.465 e. The predicted octanol–water partition coefficient (Wildman–Crippen LogP) is 9.95. The molecular formula is C35H76O14Si8. The van der Waals surface area contributed by atoms with Crippen molar-refractivity contribution < 1.29 is 58.9 Å². The highest BCUT2D eigenvalue weighted by Crippen LogP contribution is 2.61. The molecule has 8 unspecified atom stereocenters.